The third-order valence-electron chi connectivity index (χ3n) is 4.69. The monoisotopic (exact) mass is 345 g/mol. The standard InChI is InChI=1S/C19H27N3O3/c23-19(22-9-3-1-2-4-10-22)16-25-20-15-17-5-7-18(8-6-17)21-11-13-24-14-12-21/h5-8,15H,1-4,9-14,16H2. The molecule has 0 radical (unpaired) electrons. The molecule has 6 nitrogen and oxygen atoms in total. The summed E-state index contributed by atoms with van der Waals surface area (Å²) in [5, 5.41) is 3.94. The van der Waals surface area contributed by atoms with E-state index in [9.17, 15) is 4.79 Å². The molecule has 0 atom stereocenters. The molecule has 0 aromatic heterocycles. The molecule has 2 aliphatic heterocycles. The zero-order valence-electron chi connectivity index (χ0n) is 14.7. The summed E-state index contributed by atoms with van der Waals surface area (Å²) in [6, 6.07) is 8.17. The normalized spacial score (nSPS) is 19.0. The number of rotatable bonds is 5. The Balaban J connectivity index is 1.43. The summed E-state index contributed by atoms with van der Waals surface area (Å²) in [7, 11) is 0. The minimum atomic E-state index is 0.0162. The lowest BCUT2D eigenvalue weighted by molar-refractivity contribution is -0.136. The Morgan fingerprint density at radius 1 is 1.04 bits per heavy atom. The first-order valence-corrected chi connectivity index (χ1v) is 9.19. The van der Waals surface area contributed by atoms with Gasteiger partial charge in [-0.05, 0) is 30.5 Å². The van der Waals surface area contributed by atoms with Crippen molar-refractivity contribution in [2.45, 2.75) is 25.7 Å². The van der Waals surface area contributed by atoms with Gasteiger partial charge in [-0.3, -0.25) is 4.79 Å². The van der Waals surface area contributed by atoms with Crippen LogP contribution < -0.4 is 4.90 Å². The van der Waals surface area contributed by atoms with Crippen LogP contribution in [0.3, 0.4) is 0 Å². The first-order chi connectivity index (χ1) is 12.3. The number of hydrogen-bond acceptors (Lipinski definition) is 5. The summed E-state index contributed by atoms with van der Waals surface area (Å²) in [5.41, 5.74) is 2.15. The molecule has 0 unspecified atom stereocenters. The predicted molar refractivity (Wildman–Crippen MR) is 98.1 cm³/mol. The van der Waals surface area contributed by atoms with Crippen molar-refractivity contribution in [1.29, 1.82) is 0 Å². The first-order valence-electron chi connectivity index (χ1n) is 9.19. The quantitative estimate of drug-likeness (QED) is 0.607. The van der Waals surface area contributed by atoms with Crippen molar-refractivity contribution in [3.63, 3.8) is 0 Å². The van der Waals surface area contributed by atoms with E-state index in [0.717, 1.165) is 57.8 Å². The molecule has 2 saturated heterocycles. The van der Waals surface area contributed by atoms with E-state index in [0.29, 0.717) is 0 Å². The van der Waals surface area contributed by atoms with Crippen LogP contribution in [0.15, 0.2) is 29.4 Å². The molecule has 0 bridgehead atoms. The van der Waals surface area contributed by atoms with Gasteiger partial charge in [0.15, 0.2) is 6.61 Å². The second-order valence-electron chi connectivity index (χ2n) is 6.49. The topological polar surface area (TPSA) is 54.4 Å². The fourth-order valence-corrected chi connectivity index (χ4v) is 3.19. The minimum Gasteiger partial charge on any atom is -0.386 e. The molecule has 0 saturated carbocycles. The lowest BCUT2D eigenvalue weighted by atomic mass is 10.2. The fourth-order valence-electron chi connectivity index (χ4n) is 3.19. The van der Waals surface area contributed by atoms with Crippen molar-refractivity contribution in [2.24, 2.45) is 5.16 Å². The molecule has 1 aromatic carbocycles. The maximum atomic E-state index is 12.1. The van der Waals surface area contributed by atoms with Gasteiger partial charge >= 0.3 is 0 Å². The summed E-state index contributed by atoms with van der Waals surface area (Å²) < 4.78 is 5.37. The molecule has 1 amide bonds. The third kappa shape index (κ3) is 5.46. The van der Waals surface area contributed by atoms with Gasteiger partial charge < -0.3 is 19.4 Å². The average Bonchev–Trinajstić information content (AvgIpc) is 2.96. The number of nitrogens with zero attached hydrogens (tertiary/aromatic N) is 3. The Hall–Kier alpha value is -2.08. The van der Waals surface area contributed by atoms with Crippen LogP contribution in [-0.2, 0) is 14.4 Å². The van der Waals surface area contributed by atoms with E-state index in [2.05, 4.69) is 22.2 Å². The highest BCUT2D eigenvalue weighted by Crippen LogP contribution is 2.16. The highest BCUT2D eigenvalue weighted by atomic mass is 16.6. The van der Waals surface area contributed by atoms with E-state index < -0.39 is 0 Å². The number of ether oxygens (including phenoxy) is 1. The van der Waals surface area contributed by atoms with Crippen LogP contribution in [0.2, 0.25) is 0 Å². The van der Waals surface area contributed by atoms with Gasteiger partial charge in [0.2, 0.25) is 0 Å². The molecule has 6 heteroatoms. The van der Waals surface area contributed by atoms with E-state index in [1.54, 1.807) is 6.21 Å². The molecule has 2 aliphatic rings. The van der Waals surface area contributed by atoms with Gasteiger partial charge in [-0.2, -0.15) is 0 Å². The number of carbonyl (C=O) groups is 1. The van der Waals surface area contributed by atoms with Crippen LogP contribution in [0, 0.1) is 0 Å². The maximum Gasteiger partial charge on any atom is 0.263 e. The summed E-state index contributed by atoms with van der Waals surface area (Å²) in [6.07, 6.45) is 6.25. The number of anilines is 1. The lowest BCUT2D eigenvalue weighted by Crippen LogP contribution is -2.36. The summed E-state index contributed by atoms with van der Waals surface area (Å²) in [5.74, 6) is 0.0294. The molecular weight excluding hydrogens is 318 g/mol. The van der Waals surface area contributed by atoms with E-state index in [4.69, 9.17) is 9.57 Å². The van der Waals surface area contributed by atoms with Gasteiger partial charge in [0.05, 0.1) is 19.4 Å². The predicted octanol–water partition coefficient (Wildman–Crippen LogP) is 2.28. The van der Waals surface area contributed by atoms with Crippen molar-refractivity contribution in [2.75, 3.05) is 50.9 Å². The zero-order valence-corrected chi connectivity index (χ0v) is 14.7. The molecule has 1 aromatic rings. The van der Waals surface area contributed by atoms with Crippen molar-refractivity contribution in [3.05, 3.63) is 29.8 Å². The average molecular weight is 345 g/mol. The molecule has 3 rings (SSSR count). The highest BCUT2D eigenvalue weighted by molar-refractivity contribution is 5.80. The molecule has 2 heterocycles. The first kappa shape index (κ1) is 17.7. The summed E-state index contributed by atoms with van der Waals surface area (Å²) >= 11 is 0. The van der Waals surface area contributed by atoms with E-state index >= 15 is 0 Å². The van der Waals surface area contributed by atoms with Crippen LogP contribution >= 0.6 is 0 Å². The van der Waals surface area contributed by atoms with E-state index in [1.165, 1.54) is 18.5 Å². The number of hydrogen-bond donors (Lipinski definition) is 0. The molecule has 136 valence electrons. The van der Waals surface area contributed by atoms with Crippen molar-refractivity contribution in [1.82, 2.24) is 4.90 Å². The lowest BCUT2D eigenvalue weighted by Gasteiger charge is -2.28. The Morgan fingerprint density at radius 3 is 2.40 bits per heavy atom. The Morgan fingerprint density at radius 2 is 1.72 bits per heavy atom. The zero-order chi connectivity index (χ0) is 17.3. The van der Waals surface area contributed by atoms with Crippen molar-refractivity contribution < 1.29 is 14.4 Å². The number of likely N-dealkylation sites (tertiary alicyclic amines) is 1. The van der Waals surface area contributed by atoms with Crippen LogP contribution in [0.5, 0.6) is 0 Å². The number of benzene rings is 1. The Bertz CT molecular complexity index is 560. The Kier molecular flexibility index (Phi) is 6.68. The van der Waals surface area contributed by atoms with Gasteiger partial charge in [-0.25, -0.2) is 0 Å². The SMILES string of the molecule is O=C(CON=Cc1ccc(N2CCOCC2)cc1)N1CCCCCC1. The van der Waals surface area contributed by atoms with Crippen LogP contribution in [0.25, 0.3) is 0 Å². The second kappa shape index (κ2) is 9.42. The summed E-state index contributed by atoms with van der Waals surface area (Å²) in [6.45, 7) is 5.11. The summed E-state index contributed by atoms with van der Waals surface area (Å²) in [4.78, 5) is 21.5. The second-order valence-corrected chi connectivity index (χ2v) is 6.49. The minimum absolute atomic E-state index is 0.0162. The molecule has 2 fully saturated rings. The number of morpholine rings is 1. The van der Waals surface area contributed by atoms with Gasteiger partial charge in [0, 0.05) is 31.9 Å². The molecule has 0 N–H and O–H groups in total. The van der Waals surface area contributed by atoms with Crippen LogP contribution in [-0.4, -0.2) is 63.0 Å². The maximum absolute atomic E-state index is 12.1. The number of oxime groups is 1. The molecule has 0 aliphatic carbocycles. The van der Waals surface area contributed by atoms with Crippen LogP contribution in [0.4, 0.5) is 5.69 Å². The van der Waals surface area contributed by atoms with Gasteiger partial charge in [-0.1, -0.05) is 30.1 Å². The van der Waals surface area contributed by atoms with Crippen LogP contribution in [0.1, 0.15) is 31.2 Å². The van der Waals surface area contributed by atoms with Crippen molar-refractivity contribution >= 4 is 17.8 Å². The fraction of sp³-hybridized carbons (Fsp3) is 0.579. The highest BCUT2D eigenvalue weighted by Gasteiger charge is 2.15. The van der Waals surface area contributed by atoms with Gasteiger partial charge in [0.25, 0.3) is 5.91 Å². The largest absolute Gasteiger partial charge is 0.386 e. The number of carbonyl (C=O) groups excluding carboxylic acids is 1. The smallest absolute Gasteiger partial charge is 0.263 e. The molecule has 25 heavy (non-hydrogen) atoms. The van der Waals surface area contributed by atoms with Gasteiger partial charge in [0.1, 0.15) is 0 Å². The van der Waals surface area contributed by atoms with E-state index in [1.807, 2.05) is 17.0 Å². The molecule has 0 spiro atoms. The third-order valence-corrected chi connectivity index (χ3v) is 4.69. The van der Waals surface area contributed by atoms with Crippen molar-refractivity contribution in [3.8, 4) is 0 Å². The van der Waals surface area contributed by atoms with Gasteiger partial charge in [-0.15, -0.1) is 0 Å². The molecular formula is C19H27N3O3. The Labute approximate surface area is 149 Å². The van der Waals surface area contributed by atoms with E-state index in [-0.39, 0.29) is 12.5 Å². The number of amides is 1.